The normalized spacial score (nSPS) is 18.3. The number of carbonyl (C=O) groups is 1. The molecule has 3 heteroatoms. The summed E-state index contributed by atoms with van der Waals surface area (Å²) in [4.78, 5) is 11.9. The van der Waals surface area contributed by atoms with Gasteiger partial charge in [-0.25, -0.2) is 0 Å². The molecule has 0 spiro atoms. The Hall–Kier alpha value is -0.570. The molecule has 0 saturated heterocycles. The second-order valence-corrected chi connectivity index (χ2v) is 5.18. The second kappa shape index (κ2) is 4.97. The third-order valence-corrected chi connectivity index (χ3v) is 3.31. The van der Waals surface area contributed by atoms with Crippen LogP contribution in [0.25, 0.3) is 0 Å². The number of carbonyl (C=O) groups excluding carboxylic acids is 1. The van der Waals surface area contributed by atoms with Crippen LogP contribution in [0.2, 0.25) is 0 Å². The molecule has 1 fully saturated rings. The Kier molecular flexibility index (Phi) is 4.14. The fraction of sp³-hybridized carbons (Fsp3) is 0.917. The van der Waals surface area contributed by atoms with Crippen LogP contribution in [-0.4, -0.2) is 25.0 Å². The van der Waals surface area contributed by atoms with Gasteiger partial charge >= 0.3 is 0 Å². The van der Waals surface area contributed by atoms with E-state index in [1.165, 1.54) is 0 Å². The molecular formula is C12H24N2O. The lowest BCUT2D eigenvalue weighted by Gasteiger charge is -2.19. The van der Waals surface area contributed by atoms with E-state index in [0.29, 0.717) is 12.0 Å². The van der Waals surface area contributed by atoms with Crippen molar-refractivity contribution in [3.8, 4) is 0 Å². The Morgan fingerprint density at radius 2 is 1.80 bits per heavy atom. The van der Waals surface area contributed by atoms with Crippen LogP contribution < -0.4 is 10.6 Å². The summed E-state index contributed by atoms with van der Waals surface area (Å²) >= 11 is 0. The van der Waals surface area contributed by atoms with Crippen molar-refractivity contribution >= 4 is 5.91 Å². The third kappa shape index (κ3) is 3.20. The first-order valence-corrected chi connectivity index (χ1v) is 6.01. The molecule has 1 amide bonds. The summed E-state index contributed by atoms with van der Waals surface area (Å²) in [7, 11) is 0. The first-order valence-electron chi connectivity index (χ1n) is 6.01. The Bertz CT molecular complexity index is 220. The highest BCUT2D eigenvalue weighted by Crippen LogP contribution is 2.51. The van der Waals surface area contributed by atoms with Crippen molar-refractivity contribution in [2.45, 2.75) is 46.6 Å². The van der Waals surface area contributed by atoms with Crippen molar-refractivity contribution < 1.29 is 4.79 Å². The zero-order valence-corrected chi connectivity index (χ0v) is 10.4. The summed E-state index contributed by atoms with van der Waals surface area (Å²) in [5, 5.41) is 6.31. The van der Waals surface area contributed by atoms with Crippen molar-refractivity contribution in [2.75, 3.05) is 13.1 Å². The SMILES string of the molecule is CC(C)NCCNC(=O)C1(C(C)C)CC1. The number of hydrogen-bond acceptors (Lipinski definition) is 2. The Morgan fingerprint density at radius 3 is 2.20 bits per heavy atom. The molecule has 0 aromatic heterocycles. The number of nitrogens with one attached hydrogen (secondary N) is 2. The van der Waals surface area contributed by atoms with E-state index in [0.717, 1.165) is 25.9 Å². The molecule has 0 aromatic rings. The van der Waals surface area contributed by atoms with E-state index in [2.05, 4.69) is 38.3 Å². The van der Waals surface area contributed by atoms with Gasteiger partial charge in [0.05, 0.1) is 5.41 Å². The molecule has 2 N–H and O–H groups in total. The van der Waals surface area contributed by atoms with E-state index in [-0.39, 0.29) is 11.3 Å². The smallest absolute Gasteiger partial charge is 0.226 e. The summed E-state index contributed by atoms with van der Waals surface area (Å²) in [5.41, 5.74) is -0.0299. The van der Waals surface area contributed by atoms with Gasteiger partial charge in [0.25, 0.3) is 0 Å². The molecule has 1 aliphatic carbocycles. The van der Waals surface area contributed by atoms with Crippen LogP contribution in [-0.2, 0) is 4.79 Å². The molecule has 0 radical (unpaired) electrons. The zero-order chi connectivity index (χ0) is 11.5. The van der Waals surface area contributed by atoms with Crippen molar-refractivity contribution in [2.24, 2.45) is 11.3 Å². The molecular weight excluding hydrogens is 188 g/mol. The number of amides is 1. The Labute approximate surface area is 93.0 Å². The van der Waals surface area contributed by atoms with E-state index < -0.39 is 0 Å². The molecule has 1 saturated carbocycles. The molecule has 0 atom stereocenters. The molecule has 0 aliphatic heterocycles. The lowest BCUT2D eigenvalue weighted by Crippen LogP contribution is -2.39. The van der Waals surface area contributed by atoms with Crippen LogP contribution in [0.3, 0.4) is 0 Å². The highest BCUT2D eigenvalue weighted by Gasteiger charge is 2.51. The van der Waals surface area contributed by atoms with Crippen molar-refractivity contribution in [3.05, 3.63) is 0 Å². The molecule has 0 unspecified atom stereocenters. The van der Waals surface area contributed by atoms with Gasteiger partial charge in [-0.15, -0.1) is 0 Å². The maximum Gasteiger partial charge on any atom is 0.226 e. The largest absolute Gasteiger partial charge is 0.354 e. The van der Waals surface area contributed by atoms with Crippen LogP contribution in [0.5, 0.6) is 0 Å². The third-order valence-electron chi connectivity index (χ3n) is 3.31. The average Bonchev–Trinajstić information content (AvgIpc) is 2.92. The van der Waals surface area contributed by atoms with E-state index in [4.69, 9.17) is 0 Å². The lowest BCUT2D eigenvalue weighted by molar-refractivity contribution is -0.127. The standard InChI is InChI=1S/C12H24N2O/c1-9(2)12(5-6-12)11(15)14-8-7-13-10(3)4/h9-10,13H,5-8H2,1-4H3,(H,14,15). The summed E-state index contributed by atoms with van der Waals surface area (Å²) in [6, 6.07) is 0.488. The van der Waals surface area contributed by atoms with Gasteiger partial charge in [0, 0.05) is 19.1 Å². The molecule has 1 rings (SSSR count). The van der Waals surface area contributed by atoms with E-state index >= 15 is 0 Å². The molecule has 15 heavy (non-hydrogen) atoms. The van der Waals surface area contributed by atoms with E-state index in [1.807, 2.05) is 0 Å². The first kappa shape index (κ1) is 12.5. The van der Waals surface area contributed by atoms with Gasteiger partial charge < -0.3 is 10.6 Å². The van der Waals surface area contributed by atoms with Gasteiger partial charge in [0.15, 0.2) is 0 Å². The van der Waals surface area contributed by atoms with Gasteiger partial charge in [0.1, 0.15) is 0 Å². The molecule has 0 aromatic carbocycles. The zero-order valence-electron chi connectivity index (χ0n) is 10.4. The minimum atomic E-state index is -0.0299. The predicted octanol–water partition coefficient (Wildman–Crippen LogP) is 1.54. The van der Waals surface area contributed by atoms with Crippen LogP contribution >= 0.6 is 0 Å². The topological polar surface area (TPSA) is 41.1 Å². The molecule has 88 valence electrons. The fourth-order valence-corrected chi connectivity index (χ4v) is 1.91. The van der Waals surface area contributed by atoms with E-state index in [1.54, 1.807) is 0 Å². The van der Waals surface area contributed by atoms with Crippen LogP contribution in [0.15, 0.2) is 0 Å². The quantitative estimate of drug-likeness (QED) is 0.656. The minimum absolute atomic E-state index is 0.0299. The summed E-state index contributed by atoms with van der Waals surface area (Å²) < 4.78 is 0. The van der Waals surface area contributed by atoms with Gasteiger partial charge in [-0.05, 0) is 18.8 Å². The second-order valence-electron chi connectivity index (χ2n) is 5.18. The Morgan fingerprint density at radius 1 is 1.20 bits per heavy atom. The van der Waals surface area contributed by atoms with Gasteiger partial charge in [0.2, 0.25) is 5.91 Å². The van der Waals surface area contributed by atoms with Crippen molar-refractivity contribution in [1.29, 1.82) is 0 Å². The summed E-state index contributed by atoms with van der Waals surface area (Å²) in [5.74, 6) is 0.721. The molecule has 0 bridgehead atoms. The van der Waals surface area contributed by atoms with Gasteiger partial charge in [-0.2, -0.15) is 0 Å². The highest BCUT2D eigenvalue weighted by molar-refractivity contribution is 5.85. The summed E-state index contributed by atoms with van der Waals surface area (Å²) in [6.07, 6.45) is 2.13. The lowest BCUT2D eigenvalue weighted by atomic mass is 9.91. The maximum atomic E-state index is 11.9. The Balaban J connectivity index is 2.20. The van der Waals surface area contributed by atoms with Gasteiger partial charge in [-0.1, -0.05) is 27.7 Å². The van der Waals surface area contributed by atoms with Crippen LogP contribution in [0.4, 0.5) is 0 Å². The van der Waals surface area contributed by atoms with Crippen LogP contribution in [0, 0.1) is 11.3 Å². The highest BCUT2D eigenvalue weighted by atomic mass is 16.2. The van der Waals surface area contributed by atoms with Crippen molar-refractivity contribution in [1.82, 2.24) is 10.6 Å². The van der Waals surface area contributed by atoms with Crippen LogP contribution in [0.1, 0.15) is 40.5 Å². The predicted molar refractivity (Wildman–Crippen MR) is 62.7 cm³/mol. The average molecular weight is 212 g/mol. The molecule has 1 aliphatic rings. The maximum absolute atomic E-state index is 11.9. The number of hydrogen-bond donors (Lipinski definition) is 2. The molecule has 3 nitrogen and oxygen atoms in total. The minimum Gasteiger partial charge on any atom is -0.354 e. The van der Waals surface area contributed by atoms with Crippen molar-refractivity contribution in [3.63, 3.8) is 0 Å². The molecule has 0 heterocycles. The monoisotopic (exact) mass is 212 g/mol. The summed E-state index contributed by atoms with van der Waals surface area (Å²) in [6.45, 7) is 10.1. The van der Waals surface area contributed by atoms with Gasteiger partial charge in [-0.3, -0.25) is 4.79 Å². The fourth-order valence-electron chi connectivity index (χ4n) is 1.91. The number of rotatable bonds is 6. The first-order chi connectivity index (χ1) is 6.99. The van der Waals surface area contributed by atoms with E-state index in [9.17, 15) is 4.79 Å².